The molecule has 104 valence electrons. The first-order valence-corrected chi connectivity index (χ1v) is 8.35. The number of aryl methyl sites for hydroxylation is 1. The molecule has 0 radical (unpaired) electrons. The summed E-state index contributed by atoms with van der Waals surface area (Å²) in [4.78, 5) is 14.7. The van der Waals surface area contributed by atoms with E-state index in [4.69, 9.17) is 17.3 Å². The largest absolute Gasteiger partial charge is 0.366 e. The Kier molecular flexibility index (Phi) is 5.02. The number of nitrogens with two attached hydrogens (primary N) is 1. The molecule has 2 aromatic rings. The average molecular weight is 324 g/mol. The Morgan fingerprint density at radius 1 is 1.15 bits per heavy atom. The number of halogens is 1. The van der Waals surface area contributed by atoms with Gasteiger partial charge in [-0.2, -0.15) is 0 Å². The summed E-state index contributed by atoms with van der Waals surface area (Å²) in [5, 5.41) is 0.526. The molecule has 0 fully saturated rings. The number of rotatable bonds is 4. The fourth-order valence-electron chi connectivity index (χ4n) is 1.81. The second-order valence-electron chi connectivity index (χ2n) is 4.24. The molecule has 0 aliphatic rings. The molecule has 2 N–H and O–H groups in total. The van der Waals surface area contributed by atoms with Crippen LogP contribution in [0.5, 0.6) is 0 Å². The summed E-state index contributed by atoms with van der Waals surface area (Å²) in [6.07, 6.45) is 2.04. The van der Waals surface area contributed by atoms with E-state index in [2.05, 4.69) is 12.1 Å². The molecule has 0 aromatic heterocycles. The minimum absolute atomic E-state index is 0.459. The van der Waals surface area contributed by atoms with Crippen LogP contribution in [0.2, 0.25) is 5.02 Å². The fraction of sp³-hybridized carbons (Fsp3) is 0.133. The first kappa shape index (κ1) is 15.3. The van der Waals surface area contributed by atoms with Crippen molar-refractivity contribution in [3.05, 3.63) is 52.5 Å². The van der Waals surface area contributed by atoms with Gasteiger partial charge in [-0.25, -0.2) is 0 Å². The van der Waals surface area contributed by atoms with Crippen molar-refractivity contribution in [2.45, 2.75) is 21.6 Å². The van der Waals surface area contributed by atoms with Crippen LogP contribution in [0.4, 0.5) is 0 Å². The van der Waals surface area contributed by atoms with Crippen LogP contribution in [0.1, 0.15) is 15.9 Å². The van der Waals surface area contributed by atoms with E-state index in [1.807, 2.05) is 31.4 Å². The number of primary amides is 1. The Bertz CT molecular complexity index is 641. The van der Waals surface area contributed by atoms with Crippen molar-refractivity contribution in [1.29, 1.82) is 0 Å². The van der Waals surface area contributed by atoms with Gasteiger partial charge in [0.25, 0.3) is 0 Å². The number of thioether (sulfide) groups is 1. The van der Waals surface area contributed by atoms with Crippen LogP contribution >= 0.6 is 35.1 Å². The molecule has 5 heteroatoms. The van der Waals surface area contributed by atoms with Gasteiger partial charge in [-0.05, 0) is 55.1 Å². The maximum Gasteiger partial charge on any atom is 0.249 e. The van der Waals surface area contributed by atoms with Gasteiger partial charge in [0, 0.05) is 19.7 Å². The van der Waals surface area contributed by atoms with Gasteiger partial charge in [0.15, 0.2) is 0 Å². The smallest absolute Gasteiger partial charge is 0.249 e. The molecule has 0 saturated heterocycles. The van der Waals surface area contributed by atoms with Crippen LogP contribution < -0.4 is 5.73 Å². The van der Waals surface area contributed by atoms with Gasteiger partial charge in [0.2, 0.25) is 5.91 Å². The second kappa shape index (κ2) is 6.57. The molecule has 0 bridgehead atoms. The third kappa shape index (κ3) is 3.51. The van der Waals surface area contributed by atoms with Crippen molar-refractivity contribution in [2.24, 2.45) is 5.73 Å². The molecule has 0 saturated carbocycles. The second-order valence-corrected chi connectivity index (χ2v) is 6.64. The van der Waals surface area contributed by atoms with E-state index in [-0.39, 0.29) is 0 Å². The third-order valence-electron chi connectivity index (χ3n) is 2.78. The molecule has 20 heavy (non-hydrogen) atoms. The van der Waals surface area contributed by atoms with Gasteiger partial charge in [-0.3, -0.25) is 4.79 Å². The van der Waals surface area contributed by atoms with Crippen LogP contribution in [-0.2, 0) is 0 Å². The van der Waals surface area contributed by atoms with E-state index in [1.165, 1.54) is 16.7 Å². The highest BCUT2D eigenvalue weighted by atomic mass is 35.5. The molecule has 0 aliphatic heterocycles. The Morgan fingerprint density at radius 2 is 1.75 bits per heavy atom. The highest BCUT2D eigenvalue weighted by Crippen LogP contribution is 2.35. The minimum Gasteiger partial charge on any atom is -0.366 e. The summed E-state index contributed by atoms with van der Waals surface area (Å²) in [7, 11) is 0. The number of carbonyl (C=O) groups excluding carboxylic acids is 1. The molecule has 2 rings (SSSR count). The van der Waals surface area contributed by atoms with Crippen LogP contribution in [0, 0.1) is 6.92 Å². The average Bonchev–Trinajstić information content (AvgIpc) is 2.42. The SMILES string of the molecule is CSc1ccc(Sc2c(C)cc(Cl)cc2C(N)=O)cc1. The maximum absolute atomic E-state index is 11.6. The highest BCUT2D eigenvalue weighted by Gasteiger charge is 2.13. The third-order valence-corrected chi connectivity index (χ3v) is 5.00. The van der Waals surface area contributed by atoms with Crippen molar-refractivity contribution < 1.29 is 4.79 Å². The van der Waals surface area contributed by atoms with E-state index in [9.17, 15) is 4.79 Å². The van der Waals surface area contributed by atoms with E-state index in [0.717, 1.165) is 15.4 Å². The molecule has 0 spiro atoms. The Labute approximate surface area is 132 Å². The van der Waals surface area contributed by atoms with E-state index in [0.29, 0.717) is 10.6 Å². The molecule has 2 aromatic carbocycles. The molecular weight excluding hydrogens is 310 g/mol. The first-order chi connectivity index (χ1) is 9.51. The lowest BCUT2D eigenvalue weighted by molar-refractivity contribution is 0.0997. The Morgan fingerprint density at radius 3 is 2.30 bits per heavy atom. The van der Waals surface area contributed by atoms with Crippen molar-refractivity contribution >= 4 is 41.0 Å². The molecule has 0 aliphatic carbocycles. The van der Waals surface area contributed by atoms with Crippen molar-refractivity contribution in [1.82, 2.24) is 0 Å². The summed E-state index contributed by atoms with van der Waals surface area (Å²) in [5.74, 6) is -0.459. The number of carbonyl (C=O) groups is 1. The maximum atomic E-state index is 11.6. The normalized spacial score (nSPS) is 10.6. The zero-order valence-electron chi connectivity index (χ0n) is 11.1. The van der Waals surface area contributed by atoms with Crippen molar-refractivity contribution in [3.63, 3.8) is 0 Å². The van der Waals surface area contributed by atoms with Gasteiger partial charge in [0.1, 0.15) is 0 Å². The van der Waals surface area contributed by atoms with Crippen molar-refractivity contribution in [2.75, 3.05) is 6.26 Å². The molecule has 0 unspecified atom stereocenters. The van der Waals surface area contributed by atoms with Gasteiger partial charge in [-0.1, -0.05) is 23.4 Å². The zero-order valence-corrected chi connectivity index (χ0v) is 13.5. The predicted molar refractivity (Wildman–Crippen MR) is 87.1 cm³/mol. The fourth-order valence-corrected chi connectivity index (χ4v) is 3.49. The number of amides is 1. The lowest BCUT2D eigenvalue weighted by Gasteiger charge is -2.11. The summed E-state index contributed by atoms with van der Waals surface area (Å²) in [6.45, 7) is 1.93. The van der Waals surface area contributed by atoms with Crippen LogP contribution in [0.3, 0.4) is 0 Å². The molecule has 0 heterocycles. The summed E-state index contributed by atoms with van der Waals surface area (Å²) >= 11 is 9.21. The van der Waals surface area contributed by atoms with Crippen LogP contribution in [-0.4, -0.2) is 12.2 Å². The topological polar surface area (TPSA) is 43.1 Å². The summed E-state index contributed by atoms with van der Waals surface area (Å²) in [6, 6.07) is 11.6. The molecule has 0 atom stereocenters. The Hall–Kier alpha value is -1.10. The van der Waals surface area contributed by atoms with E-state index < -0.39 is 5.91 Å². The molecular formula is C15H14ClNOS2. The highest BCUT2D eigenvalue weighted by molar-refractivity contribution is 7.99. The van der Waals surface area contributed by atoms with Gasteiger partial charge in [0.05, 0.1) is 5.56 Å². The van der Waals surface area contributed by atoms with E-state index >= 15 is 0 Å². The minimum atomic E-state index is -0.459. The lowest BCUT2D eigenvalue weighted by atomic mass is 10.1. The predicted octanol–water partition coefficient (Wildman–Crippen LogP) is 4.62. The van der Waals surface area contributed by atoms with Crippen LogP contribution in [0.15, 0.2) is 51.1 Å². The first-order valence-electron chi connectivity index (χ1n) is 5.93. The molecule has 2 nitrogen and oxygen atoms in total. The van der Waals surface area contributed by atoms with Crippen molar-refractivity contribution in [3.8, 4) is 0 Å². The number of benzene rings is 2. The lowest BCUT2D eigenvalue weighted by Crippen LogP contribution is -2.12. The van der Waals surface area contributed by atoms with Gasteiger partial charge >= 0.3 is 0 Å². The number of hydrogen-bond acceptors (Lipinski definition) is 3. The van der Waals surface area contributed by atoms with Gasteiger partial charge in [-0.15, -0.1) is 11.8 Å². The monoisotopic (exact) mass is 323 g/mol. The summed E-state index contributed by atoms with van der Waals surface area (Å²) in [5.41, 5.74) is 6.85. The summed E-state index contributed by atoms with van der Waals surface area (Å²) < 4.78 is 0. The standard InChI is InChI=1S/C15H14ClNOS2/c1-9-7-10(16)8-13(15(17)18)14(9)20-12-5-3-11(19-2)4-6-12/h3-8H,1-2H3,(H2,17,18). The van der Waals surface area contributed by atoms with E-state index in [1.54, 1.807) is 17.8 Å². The quantitative estimate of drug-likeness (QED) is 0.835. The Balaban J connectivity index is 2.39. The van der Waals surface area contributed by atoms with Crippen LogP contribution in [0.25, 0.3) is 0 Å². The zero-order chi connectivity index (χ0) is 14.7. The molecule has 1 amide bonds. The number of hydrogen-bond donors (Lipinski definition) is 1. The van der Waals surface area contributed by atoms with Gasteiger partial charge < -0.3 is 5.73 Å².